The number of para-hydroxylation sites is 1. The largest absolute Gasteiger partial charge is 0.244 e. The van der Waals surface area contributed by atoms with Gasteiger partial charge in [0.1, 0.15) is 4.90 Å². The topological polar surface area (TPSA) is 55.2 Å². The Labute approximate surface area is 169 Å². The van der Waals surface area contributed by atoms with Crippen LogP contribution in [0.5, 0.6) is 0 Å². The van der Waals surface area contributed by atoms with Crippen LogP contribution in [0, 0.1) is 13.8 Å². The second kappa shape index (κ2) is 7.64. The zero-order valence-electron chi connectivity index (χ0n) is 15.1. The number of hydrogen-bond acceptors (Lipinski definition) is 3. The predicted octanol–water partition coefficient (Wildman–Crippen LogP) is 4.62. The number of aromatic nitrogens is 2. The van der Waals surface area contributed by atoms with Gasteiger partial charge in [-0.3, -0.25) is 0 Å². The van der Waals surface area contributed by atoms with E-state index in [1.807, 2.05) is 48.9 Å². The van der Waals surface area contributed by atoms with E-state index in [2.05, 4.69) is 5.10 Å². The van der Waals surface area contributed by atoms with Crippen molar-refractivity contribution < 1.29 is 8.42 Å². The summed E-state index contributed by atoms with van der Waals surface area (Å²) in [5, 5.41) is 5.02. The number of nitrogens with zero attached hydrogens (tertiary/aromatic N) is 3. The zero-order chi connectivity index (χ0) is 19.8. The number of aryl methyl sites for hydroxylation is 1. The summed E-state index contributed by atoms with van der Waals surface area (Å²) in [6.45, 7) is 3.97. The van der Waals surface area contributed by atoms with Crippen molar-refractivity contribution in [3.8, 4) is 5.69 Å². The van der Waals surface area contributed by atoms with E-state index < -0.39 is 10.0 Å². The fraction of sp³-hybridized carbons (Fsp3) is 0.211. The van der Waals surface area contributed by atoms with Crippen molar-refractivity contribution in [3.05, 3.63) is 75.5 Å². The lowest BCUT2D eigenvalue weighted by atomic mass is 10.2. The van der Waals surface area contributed by atoms with E-state index in [4.69, 9.17) is 23.2 Å². The second-order valence-electron chi connectivity index (χ2n) is 6.23. The van der Waals surface area contributed by atoms with E-state index in [0.29, 0.717) is 5.02 Å². The fourth-order valence-electron chi connectivity index (χ4n) is 2.87. The molecule has 27 heavy (non-hydrogen) atoms. The summed E-state index contributed by atoms with van der Waals surface area (Å²) in [6, 6.07) is 14.1. The molecule has 3 rings (SSSR count). The van der Waals surface area contributed by atoms with Crippen molar-refractivity contribution in [3.63, 3.8) is 0 Å². The first-order valence-electron chi connectivity index (χ1n) is 8.23. The maximum Gasteiger partial charge on any atom is 0.244 e. The summed E-state index contributed by atoms with van der Waals surface area (Å²) < 4.78 is 29.0. The molecule has 0 unspecified atom stereocenters. The van der Waals surface area contributed by atoms with Gasteiger partial charge >= 0.3 is 0 Å². The van der Waals surface area contributed by atoms with Gasteiger partial charge in [0, 0.05) is 29.9 Å². The van der Waals surface area contributed by atoms with Crippen LogP contribution in [0.3, 0.4) is 0 Å². The minimum Gasteiger partial charge on any atom is -0.238 e. The van der Waals surface area contributed by atoms with Crippen molar-refractivity contribution in [2.45, 2.75) is 25.3 Å². The Kier molecular flexibility index (Phi) is 5.63. The summed E-state index contributed by atoms with van der Waals surface area (Å²) in [7, 11) is -2.28. The molecule has 0 saturated carbocycles. The molecule has 0 aliphatic rings. The van der Waals surface area contributed by atoms with Crippen LogP contribution in [0.2, 0.25) is 10.0 Å². The summed E-state index contributed by atoms with van der Waals surface area (Å²) >= 11 is 12.0. The minimum absolute atomic E-state index is 0.00933. The molecular formula is C19H19Cl2N3O2S. The first kappa shape index (κ1) is 19.9. The van der Waals surface area contributed by atoms with Gasteiger partial charge < -0.3 is 0 Å². The van der Waals surface area contributed by atoms with Crippen LogP contribution in [-0.2, 0) is 16.6 Å². The highest BCUT2D eigenvalue weighted by molar-refractivity contribution is 7.89. The first-order valence-corrected chi connectivity index (χ1v) is 10.4. The first-order chi connectivity index (χ1) is 12.7. The third kappa shape index (κ3) is 3.89. The maximum atomic E-state index is 13.0. The minimum atomic E-state index is -3.80. The van der Waals surface area contributed by atoms with E-state index in [0.717, 1.165) is 22.6 Å². The average molecular weight is 424 g/mol. The van der Waals surface area contributed by atoms with Gasteiger partial charge in [-0.1, -0.05) is 41.4 Å². The van der Waals surface area contributed by atoms with Gasteiger partial charge in [-0.2, -0.15) is 9.40 Å². The van der Waals surface area contributed by atoms with Gasteiger partial charge in [0.2, 0.25) is 10.0 Å². The molecule has 0 amide bonds. The van der Waals surface area contributed by atoms with Gasteiger partial charge in [-0.05, 0) is 44.2 Å². The molecule has 0 aliphatic carbocycles. The number of sulfonamides is 1. The van der Waals surface area contributed by atoms with Crippen molar-refractivity contribution in [2.24, 2.45) is 0 Å². The Hall–Kier alpha value is -1.86. The number of rotatable bonds is 5. The normalized spacial score (nSPS) is 11.9. The highest BCUT2D eigenvalue weighted by Crippen LogP contribution is 2.29. The van der Waals surface area contributed by atoms with Crippen LogP contribution in [0.15, 0.2) is 53.4 Å². The number of benzene rings is 2. The van der Waals surface area contributed by atoms with Crippen molar-refractivity contribution in [1.82, 2.24) is 14.1 Å². The molecule has 8 heteroatoms. The smallest absolute Gasteiger partial charge is 0.238 e. The summed E-state index contributed by atoms with van der Waals surface area (Å²) in [4.78, 5) is -0.00933. The lowest BCUT2D eigenvalue weighted by molar-refractivity contribution is 0.465. The van der Waals surface area contributed by atoms with Crippen LogP contribution in [0.1, 0.15) is 17.0 Å². The monoisotopic (exact) mass is 423 g/mol. The molecule has 2 aromatic carbocycles. The number of halogens is 2. The van der Waals surface area contributed by atoms with E-state index in [-0.39, 0.29) is 16.5 Å². The van der Waals surface area contributed by atoms with E-state index >= 15 is 0 Å². The maximum absolute atomic E-state index is 13.0. The lowest BCUT2D eigenvalue weighted by Crippen LogP contribution is -2.27. The molecule has 0 aliphatic heterocycles. The van der Waals surface area contributed by atoms with Crippen molar-refractivity contribution in [1.29, 1.82) is 0 Å². The molecule has 0 spiro atoms. The Bertz CT molecular complexity index is 1080. The molecule has 142 valence electrons. The van der Waals surface area contributed by atoms with Gasteiger partial charge in [0.15, 0.2) is 0 Å². The fourth-order valence-corrected chi connectivity index (χ4v) is 4.75. The zero-order valence-corrected chi connectivity index (χ0v) is 17.5. The predicted molar refractivity (Wildman–Crippen MR) is 108 cm³/mol. The molecule has 0 N–H and O–H groups in total. The van der Waals surface area contributed by atoms with Crippen LogP contribution >= 0.6 is 23.2 Å². The van der Waals surface area contributed by atoms with Crippen molar-refractivity contribution in [2.75, 3.05) is 7.05 Å². The molecule has 0 fully saturated rings. The standard InChI is InChI=1S/C19H19Cl2N3O2S/c1-13-17(14(2)24(22-13)16-7-5-4-6-8-16)12-23(3)27(25,26)19-11-15(20)9-10-18(19)21/h4-11H,12H2,1-3H3. The van der Waals surface area contributed by atoms with Crippen LogP contribution < -0.4 is 0 Å². The van der Waals surface area contributed by atoms with Gasteiger partial charge in [-0.25, -0.2) is 13.1 Å². The van der Waals surface area contributed by atoms with Gasteiger partial charge in [-0.15, -0.1) is 0 Å². The summed E-state index contributed by atoms with van der Waals surface area (Å²) in [5.74, 6) is 0. The molecule has 3 aromatic rings. The lowest BCUT2D eigenvalue weighted by Gasteiger charge is -2.18. The van der Waals surface area contributed by atoms with Crippen LogP contribution in [-0.4, -0.2) is 29.6 Å². The third-order valence-electron chi connectivity index (χ3n) is 4.40. The quantitative estimate of drug-likeness (QED) is 0.601. The molecule has 5 nitrogen and oxygen atoms in total. The molecule has 0 bridgehead atoms. The summed E-state index contributed by atoms with van der Waals surface area (Å²) in [5.41, 5.74) is 3.43. The SMILES string of the molecule is Cc1nn(-c2ccccc2)c(C)c1CN(C)S(=O)(=O)c1cc(Cl)ccc1Cl. The number of hydrogen-bond donors (Lipinski definition) is 0. The third-order valence-corrected chi connectivity index (χ3v) is 6.92. The van der Waals surface area contributed by atoms with Crippen molar-refractivity contribution >= 4 is 33.2 Å². The molecule has 1 heterocycles. The molecule has 0 saturated heterocycles. The Balaban J connectivity index is 1.96. The van der Waals surface area contributed by atoms with E-state index in [9.17, 15) is 8.42 Å². The van der Waals surface area contributed by atoms with Crippen LogP contribution in [0.4, 0.5) is 0 Å². The van der Waals surface area contributed by atoms with Crippen LogP contribution in [0.25, 0.3) is 5.69 Å². The Morgan fingerprint density at radius 3 is 2.41 bits per heavy atom. The molecular weight excluding hydrogens is 405 g/mol. The molecule has 0 atom stereocenters. The molecule has 1 aromatic heterocycles. The van der Waals surface area contributed by atoms with E-state index in [1.54, 1.807) is 6.07 Å². The van der Waals surface area contributed by atoms with Gasteiger partial charge in [0.05, 0.1) is 16.4 Å². The Morgan fingerprint density at radius 2 is 1.74 bits per heavy atom. The van der Waals surface area contributed by atoms with Gasteiger partial charge in [0.25, 0.3) is 0 Å². The molecule has 0 radical (unpaired) electrons. The highest BCUT2D eigenvalue weighted by atomic mass is 35.5. The average Bonchev–Trinajstić information content (AvgIpc) is 2.92. The summed E-state index contributed by atoms with van der Waals surface area (Å²) in [6.07, 6.45) is 0. The Morgan fingerprint density at radius 1 is 1.07 bits per heavy atom. The highest BCUT2D eigenvalue weighted by Gasteiger charge is 2.26. The second-order valence-corrected chi connectivity index (χ2v) is 9.09. The van der Waals surface area contributed by atoms with E-state index in [1.165, 1.54) is 23.5 Å².